The lowest BCUT2D eigenvalue weighted by atomic mass is 9.94. The largest absolute Gasteiger partial charge is 0.335 e. The van der Waals surface area contributed by atoms with Gasteiger partial charge in [-0.25, -0.2) is 9.78 Å². The van der Waals surface area contributed by atoms with Crippen molar-refractivity contribution in [1.29, 1.82) is 0 Å². The molecule has 0 bridgehead atoms. The average molecular weight is 306 g/mol. The molecule has 1 saturated heterocycles. The molecule has 5 nitrogen and oxygen atoms in total. The molecule has 1 aromatic heterocycles. The summed E-state index contributed by atoms with van der Waals surface area (Å²) in [6.45, 7) is 7.39. The van der Waals surface area contributed by atoms with E-state index in [-0.39, 0.29) is 18.6 Å². The van der Waals surface area contributed by atoms with E-state index in [1.54, 1.807) is 11.3 Å². The maximum Gasteiger partial charge on any atom is 0.315 e. The van der Waals surface area contributed by atoms with Crippen molar-refractivity contribution in [2.24, 2.45) is 5.92 Å². The van der Waals surface area contributed by atoms with E-state index in [9.17, 15) is 4.79 Å². The summed E-state index contributed by atoms with van der Waals surface area (Å²) < 4.78 is 0. The number of hydrogen-bond donors (Lipinski definition) is 2. The molecular formula is C15H22N4OS. The molecule has 2 rings (SSSR count). The molecule has 0 saturated carbocycles. The van der Waals surface area contributed by atoms with Crippen LogP contribution in [0.3, 0.4) is 0 Å². The van der Waals surface area contributed by atoms with Crippen molar-refractivity contribution >= 4 is 17.4 Å². The van der Waals surface area contributed by atoms with E-state index in [1.807, 2.05) is 13.1 Å². The molecule has 0 aromatic carbocycles. The minimum atomic E-state index is -0.170. The number of nitrogens with zero attached hydrogens (tertiary/aromatic N) is 2. The van der Waals surface area contributed by atoms with Gasteiger partial charge in [0.1, 0.15) is 0 Å². The predicted molar refractivity (Wildman–Crippen MR) is 85.1 cm³/mol. The maximum atomic E-state index is 11.7. The molecule has 1 aliphatic rings. The average Bonchev–Trinajstić information content (AvgIpc) is 2.85. The highest BCUT2D eigenvalue weighted by Crippen LogP contribution is 2.21. The molecule has 2 atom stereocenters. The summed E-state index contributed by atoms with van der Waals surface area (Å²) in [4.78, 5) is 19.7. The molecule has 114 valence electrons. The lowest BCUT2D eigenvalue weighted by Gasteiger charge is -2.37. The van der Waals surface area contributed by atoms with Crippen LogP contribution in [-0.4, -0.2) is 41.6 Å². The number of carbonyl (C=O) groups excluding carboxylic acids is 1. The fourth-order valence-electron chi connectivity index (χ4n) is 2.64. The molecule has 1 fully saturated rings. The number of piperidine rings is 1. The summed E-state index contributed by atoms with van der Waals surface area (Å²) >= 11 is 1.75. The normalized spacial score (nSPS) is 22.5. The van der Waals surface area contributed by atoms with Gasteiger partial charge in [-0.05, 0) is 19.3 Å². The Morgan fingerprint density at radius 2 is 2.48 bits per heavy atom. The smallest absolute Gasteiger partial charge is 0.315 e. The first kappa shape index (κ1) is 15.8. The van der Waals surface area contributed by atoms with Crippen molar-refractivity contribution in [3.05, 3.63) is 16.1 Å². The second-order valence-corrected chi connectivity index (χ2v) is 6.80. The van der Waals surface area contributed by atoms with Crippen molar-refractivity contribution in [2.45, 2.75) is 32.9 Å². The number of hydrogen-bond acceptors (Lipinski definition) is 4. The van der Waals surface area contributed by atoms with Crippen molar-refractivity contribution in [3.8, 4) is 12.3 Å². The van der Waals surface area contributed by atoms with Gasteiger partial charge in [-0.2, -0.15) is 0 Å². The zero-order valence-electron chi connectivity index (χ0n) is 12.6. The van der Waals surface area contributed by atoms with Crippen LogP contribution in [0.4, 0.5) is 4.79 Å². The third kappa shape index (κ3) is 4.73. The van der Waals surface area contributed by atoms with E-state index >= 15 is 0 Å². The number of thiazole rings is 1. The number of rotatable bonds is 4. The summed E-state index contributed by atoms with van der Waals surface area (Å²) in [6, 6.07) is 0.0403. The number of amides is 2. The van der Waals surface area contributed by atoms with Crippen LogP contribution in [0.1, 0.15) is 23.2 Å². The topological polar surface area (TPSA) is 57.3 Å². The summed E-state index contributed by atoms with van der Waals surface area (Å²) in [5.41, 5.74) is 0. The monoisotopic (exact) mass is 306 g/mol. The number of aryl methyl sites for hydroxylation is 1. The fraction of sp³-hybridized carbons (Fsp3) is 0.600. The molecule has 0 spiro atoms. The second-order valence-electron chi connectivity index (χ2n) is 5.48. The van der Waals surface area contributed by atoms with Gasteiger partial charge in [0.15, 0.2) is 0 Å². The molecule has 21 heavy (non-hydrogen) atoms. The van der Waals surface area contributed by atoms with Gasteiger partial charge >= 0.3 is 6.03 Å². The van der Waals surface area contributed by atoms with Crippen LogP contribution in [0.15, 0.2) is 6.20 Å². The van der Waals surface area contributed by atoms with Gasteiger partial charge in [0.25, 0.3) is 0 Å². The molecule has 1 aliphatic heterocycles. The zero-order valence-corrected chi connectivity index (χ0v) is 13.4. The Morgan fingerprint density at radius 3 is 3.10 bits per heavy atom. The summed E-state index contributed by atoms with van der Waals surface area (Å²) in [7, 11) is 0. The first-order valence-corrected chi connectivity index (χ1v) is 8.01. The highest BCUT2D eigenvalue weighted by Gasteiger charge is 2.27. The van der Waals surface area contributed by atoms with E-state index in [2.05, 4.69) is 33.4 Å². The number of aromatic nitrogens is 1. The van der Waals surface area contributed by atoms with Crippen LogP contribution in [0, 0.1) is 25.2 Å². The van der Waals surface area contributed by atoms with Crippen LogP contribution in [0.5, 0.6) is 0 Å². The van der Waals surface area contributed by atoms with Crippen molar-refractivity contribution in [1.82, 2.24) is 20.5 Å². The fourth-order valence-corrected chi connectivity index (χ4v) is 3.48. The van der Waals surface area contributed by atoms with Crippen molar-refractivity contribution < 1.29 is 4.79 Å². The molecule has 6 heteroatoms. The van der Waals surface area contributed by atoms with Crippen molar-refractivity contribution in [3.63, 3.8) is 0 Å². The SMILES string of the molecule is C#CCNC(=O)N[C@@H]1CCN(Cc2cnc(C)s2)C[C@H]1C. The first-order valence-electron chi connectivity index (χ1n) is 7.20. The number of urea groups is 1. The van der Waals surface area contributed by atoms with Gasteiger partial charge in [-0.3, -0.25) is 4.90 Å². The van der Waals surface area contributed by atoms with E-state index in [0.29, 0.717) is 5.92 Å². The van der Waals surface area contributed by atoms with Gasteiger partial charge in [0.05, 0.1) is 11.6 Å². The first-order chi connectivity index (χ1) is 10.1. The van der Waals surface area contributed by atoms with Crippen molar-refractivity contribution in [2.75, 3.05) is 19.6 Å². The Morgan fingerprint density at radius 1 is 1.67 bits per heavy atom. The van der Waals surface area contributed by atoms with Crippen LogP contribution >= 0.6 is 11.3 Å². The molecule has 0 radical (unpaired) electrons. The second kappa shape index (κ2) is 7.43. The Hall–Kier alpha value is -1.58. The summed E-state index contributed by atoms with van der Waals surface area (Å²) in [5, 5.41) is 6.77. The minimum absolute atomic E-state index is 0.170. The third-order valence-electron chi connectivity index (χ3n) is 3.71. The highest BCUT2D eigenvalue weighted by atomic mass is 32.1. The van der Waals surface area contributed by atoms with Gasteiger partial charge in [-0.15, -0.1) is 17.8 Å². The van der Waals surface area contributed by atoms with Crippen LogP contribution in [-0.2, 0) is 6.54 Å². The van der Waals surface area contributed by atoms with E-state index in [1.165, 1.54) is 4.88 Å². The third-order valence-corrected chi connectivity index (χ3v) is 4.60. The Balaban J connectivity index is 1.79. The standard InChI is InChI=1S/C15H22N4OS/c1-4-6-16-15(20)18-14-5-7-19(9-11(14)2)10-13-8-17-12(3)21-13/h1,8,11,14H,5-7,9-10H2,2-3H3,(H2,16,18,20)/t11-,14-/m1/s1. The molecule has 2 heterocycles. The Kier molecular flexibility index (Phi) is 5.59. The number of likely N-dealkylation sites (tertiary alicyclic amines) is 1. The van der Waals surface area contributed by atoms with Gasteiger partial charge in [-0.1, -0.05) is 12.8 Å². The number of carbonyl (C=O) groups is 1. The molecular weight excluding hydrogens is 284 g/mol. The number of nitrogens with one attached hydrogen (secondary N) is 2. The summed E-state index contributed by atoms with van der Waals surface area (Å²) in [6.07, 6.45) is 8.05. The predicted octanol–water partition coefficient (Wildman–Crippen LogP) is 1.59. The van der Waals surface area contributed by atoms with Gasteiger partial charge in [0, 0.05) is 36.8 Å². The quantitative estimate of drug-likeness (QED) is 0.831. The molecule has 0 aliphatic carbocycles. The van der Waals surface area contributed by atoms with Crippen LogP contribution < -0.4 is 10.6 Å². The molecule has 2 amide bonds. The highest BCUT2D eigenvalue weighted by molar-refractivity contribution is 7.11. The molecule has 2 N–H and O–H groups in total. The van der Waals surface area contributed by atoms with Crippen LogP contribution in [0.25, 0.3) is 0 Å². The Labute approximate surface area is 130 Å². The zero-order chi connectivity index (χ0) is 15.2. The van der Waals surface area contributed by atoms with E-state index in [0.717, 1.165) is 31.1 Å². The summed E-state index contributed by atoms with van der Waals surface area (Å²) in [5.74, 6) is 2.82. The minimum Gasteiger partial charge on any atom is -0.335 e. The van der Waals surface area contributed by atoms with E-state index in [4.69, 9.17) is 6.42 Å². The molecule has 1 aromatic rings. The lowest BCUT2D eigenvalue weighted by Crippen LogP contribution is -2.52. The van der Waals surface area contributed by atoms with Gasteiger partial charge in [0.2, 0.25) is 0 Å². The maximum absolute atomic E-state index is 11.7. The van der Waals surface area contributed by atoms with Crippen LogP contribution in [0.2, 0.25) is 0 Å². The number of terminal acetylenes is 1. The lowest BCUT2D eigenvalue weighted by molar-refractivity contribution is 0.143. The van der Waals surface area contributed by atoms with E-state index < -0.39 is 0 Å². The molecule has 0 unspecified atom stereocenters. The Bertz CT molecular complexity index is 522. The van der Waals surface area contributed by atoms with Gasteiger partial charge < -0.3 is 10.6 Å².